The van der Waals surface area contributed by atoms with Gasteiger partial charge in [0.05, 0.1) is 11.8 Å². The molecule has 0 N–H and O–H groups in total. The van der Waals surface area contributed by atoms with Crippen molar-refractivity contribution in [1.82, 2.24) is 4.31 Å². The van der Waals surface area contributed by atoms with Crippen molar-refractivity contribution in [3.05, 3.63) is 0 Å². The molecule has 0 unspecified atom stereocenters. The third-order valence-electron chi connectivity index (χ3n) is 2.70. The lowest BCUT2D eigenvalue weighted by molar-refractivity contribution is 0.452. The van der Waals surface area contributed by atoms with Gasteiger partial charge in [-0.1, -0.05) is 25.7 Å². The molecule has 1 saturated carbocycles. The van der Waals surface area contributed by atoms with Crippen LogP contribution in [0.2, 0.25) is 0 Å². The van der Waals surface area contributed by atoms with Crippen LogP contribution in [-0.4, -0.2) is 31.1 Å². The molecule has 3 nitrogen and oxygen atoms in total. The van der Waals surface area contributed by atoms with Gasteiger partial charge in [-0.05, 0) is 12.8 Å². The van der Waals surface area contributed by atoms with E-state index in [0.29, 0.717) is 6.54 Å². The van der Waals surface area contributed by atoms with Crippen molar-refractivity contribution in [3.63, 3.8) is 0 Å². The Labute approximate surface area is 86.5 Å². The van der Waals surface area contributed by atoms with Crippen molar-refractivity contribution < 1.29 is 8.42 Å². The fourth-order valence-corrected chi connectivity index (χ4v) is 3.85. The molecule has 0 heterocycles. The first-order valence-electron chi connectivity index (χ1n) is 5.05. The van der Waals surface area contributed by atoms with Crippen LogP contribution in [-0.2, 0) is 10.0 Å². The molecule has 0 bridgehead atoms. The lowest BCUT2D eigenvalue weighted by Gasteiger charge is -2.21. The van der Waals surface area contributed by atoms with Gasteiger partial charge in [0.2, 0.25) is 10.0 Å². The van der Waals surface area contributed by atoms with E-state index in [0.717, 1.165) is 25.7 Å². The Morgan fingerprint density at radius 3 is 2.43 bits per heavy atom. The van der Waals surface area contributed by atoms with E-state index in [4.69, 9.17) is 6.42 Å². The number of rotatable bonds is 4. The molecule has 1 fully saturated rings. The van der Waals surface area contributed by atoms with Crippen molar-refractivity contribution in [2.24, 2.45) is 0 Å². The van der Waals surface area contributed by atoms with Crippen LogP contribution in [0.5, 0.6) is 0 Å². The first-order chi connectivity index (χ1) is 6.62. The van der Waals surface area contributed by atoms with E-state index in [1.165, 1.54) is 4.31 Å². The number of sulfonamides is 1. The van der Waals surface area contributed by atoms with Crippen LogP contribution in [0, 0.1) is 12.3 Å². The molecule has 14 heavy (non-hydrogen) atoms. The SMILES string of the molecule is C#CCN(CC)S(=O)(=O)C1CCCC1. The molecule has 0 aromatic heterocycles. The van der Waals surface area contributed by atoms with E-state index in [1.54, 1.807) is 0 Å². The third kappa shape index (κ3) is 2.28. The van der Waals surface area contributed by atoms with Crippen LogP contribution >= 0.6 is 0 Å². The van der Waals surface area contributed by atoms with Gasteiger partial charge in [0, 0.05) is 6.54 Å². The standard InChI is InChI=1S/C10H17NO2S/c1-3-9-11(4-2)14(12,13)10-7-5-6-8-10/h1,10H,4-9H2,2H3. The van der Waals surface area contributed by atoms with E-state index in [9.17, 15) is 8.42 Å². The summed E-state index contributed by atoms with van der Waals surface area (Å²) >= 11 is 0. The highest BCUT2D eigenvalue weighted by Crippen LogP contribution is 2.26. The van der Waals surface area contributed by atoms with Gasteiger partial charge in [-0.3, -0.25) is 0 Å². The Kier molecular flexibility index (Phi) is 3.97. The summed E-state index contributed by atoms with van der Waals surface area (Å²) in [5.74, 6) is 2.40. The average Bonchev–Trinajstić information content (AvgIpc) is 2.66. The number of hydrogen-bond acceptors (Lipinski definition) is 2. The predicted octanol–water partition coefficient (Wildman–Crippen LogP) is 1.21. The minimum Gasteiger partial charge on any atom is -0.212 e. The molecule has 0 amide bonds. The smallest absolute Gasteiger partial charge is 0.212 e. The zero-order valence-electron chi connectivity index (χ0n) is 8.57. The van der Waals surface area contributed by atoms with E-state index < -0.39 is 10.0 Å². The van der Waals surface area contributed by atoms with Gasteiger partial charge in [0.25, 0.3) is 0 Å². The van der Waals surface area contributed by atoms with Crippen LogP contribution in [0.25, 0.3) is 0 Å². The topological polar surface area (TPSA) is 37.4 Å². The van der Waals surface area contributed by atoms with Gasteiger partial charge in [0.15, 0.2) is 0 Å². The largest absolute Gasteiger partial charge is 0.217 e. The third-order valence-corrected chi connectivity index (χ3v) is 5.12. The Morgan fingerprint density at radius 2 is 2.00 bits per heavy atom. The molecule has 0 saturated heterocycles. The van der Waals surface area contributed by atoms with Crippen molar-refractivity contribution in [1.29, 1.82) is 0 Å². The molecule has 1 aliphatic carbocycles. The zero-order chi connectivity index (χ0) is 10.6. The molecule has 1 rings (SSSR count). The summed E-state index contributed by atoms with van der Waals surface area (Å²) in [7, 11) is -3.12. The van der Waals surface area contributed by atoms with Crippen molar-refractivity contribution >= 4 is 10.0 Å². The molecular weight excluding hydrogens is 198 g/mol. The van der Waals surface area contributed by atoms with Crippen molar-refractivity contribution in [2.45, 2.75) is 37.9 Å². The summed E-state index contributed by atoms with van der Waals surface area (Å²) in [6, 6.07) is 0. The Hall–Kier alpha value is -0.530. The molecular formula is C10H17NO2S. The maximum Gasteiger partial charge on any atom is 0.217 e. The maximum absolute atomic E-state index is 12.0. The minimum absolute atomic E-state index is 0.184. The summed E-state index contributed by atoms with van der Waals surface area (Å²) < 4.78 is 25.4. The lowest BCUT2D eigenvalue weighted by atomic mass is 10.4. The lowest BCUT2D eigenvalue weighted by Crippen LogP contribution is -2.37. The Balaban J connectivity index is 2.76. The van der Waals surface area contributed by atoms with Crippen LogP contribution in [0.3, 0.4) is 0 Å². The second-order valence-electron chi connectivity index (χ2n) is 3.58. The molecule has 0 atom stereocenters. The molecule has 0 aromatic rings. The van der Waals surface area contributed by atoms with Crippen LogP contribution in [0.15, 0.2) is 0 Å². The fraction of sp³-hybridized carbons (Fsp3) is 0.800. The highest BCUT2D eigenvalue weighted by Gasteiger charge is 2.32. The van der Waals surface area contributed by atoms with Crippen LogP contribution in [0.4, 0.5) is 0 Å². The normalized spacial score (nSPS) is 18.6. The number of terminal acetylenes is 1. The molecule has 0 aromatic carbocycles. The van der Waals surface area contributed by atoms with Gasteiger partial charge >= 0.3 is 0 Å². The summed E-state index contributed by atoms with van der Waals surface area (Å²) in [5, 5.41) is -0.184. The molecule has 0 aliphatic heterocycles. The van der Waals surface area contributed by atoms with Crippen molar-refractivity contribution in [3.8, 4) is 12.3 Å². The van der Waals surface area contributed by atoms with Crippen LogP contribution in [0.1, 0.15) is 32.6 Å². The summed E-state index contributed by atoms with van der Waals surface area (Å²) in [6.07, 6.45) is 8.78. The van der Waals surface area contributed by atoms with Crippen LogP contribution < -0.4 is 0 Å². The quantitative estimate of drug-likeness (QED) is 0.661. The fourth-order valence-electron chi connectivity index (χ4n) is 1.88. The zero-order valence-corrected chi connectivity index (χ0v) is 9.39. The first-order valence-corrected chi connectivity index (χ1v) is 6.55. The average molecular weight is 215 g/mol. The second-order valence-corrected chi connectivity index (χ2v) is 5.79. The number of hydrogen-bond donors (Lipinski definition) is 0. The molecule has 80 valence electrons. The monoisotopic (exact) mass is 215 g/mol. The van der Waals surface area contributed by atoms with E-state index in [2.05, 4.69) is 5.92 Å². The highest BCUT2D eigenvalue weighted by molar-refractivity contribution is 7.89. The molecule has 0 spiro atoms. The highest BCUT2D eigenvalue weighted by atomic mass is 32.2. The second kappa shape index (κ2) is 4.81. The van der Waals surface area contributed by atoms with E-state index in [1.807, 2.05) is 6.92 Å². The van der Waals surface area contributed by atoms with Crippen molar-refractivity contribution in [2.75, 3.05) is 13.1 Å². The summed E-state index contributed by atoms with van der Waals surface area (Å²) in [5.41, 5.74) is 0. The van der Waals surface area contributed by atoms with Gasteiger partial charge in [0.1, 0.15) is 0 Å². The predicted molar refractivity (Wildman–Crippen MR) is 57.3 cm³/mol. The number of nitrogens with zero attached hydrogens (tertiary/aromatic N) is 1. The first kappa shape index (κ1) is 11.5. The summed E-state index contributed by atoms with van der Waals surface area (Å²) in [6.45, 7) is 2.50. The Morgan fingerprint density at radius 1 is 1.43 bits per heavy atom. The minimum atomic E-state index is -3.12. The summed E-state index contributed by atoms with van der Waals surface area (Å²) in [4.78, 5) is 0. The maximum atomic E-state index is 12.0. The van der Waals surface area contributed by atoms with Gasteiger partial charge in [-0.2, -0.15) is 4.31 Å². The molecule has 0 radical (unpaired) electrons. The molecule has 1 aliphatic rings. The van der Waals surface area contributed by atoms with Gasteiger partial charge in [-0.25, -0.2) is 8.42 Å². The molecule has 4 heteroatoms. The Bertz CT molecular complexity index is 310. The van der Waals surface area contributed by atoms with E-state index in [-0.39, 0.29) is 11.8 Å². The van der Waals surface area contributed by atoms with Gasteiger partial charge in [-0.15, -0.1) is 6.42 Å². The van der Waals surface area contributed by atoms with Gasteiger partial charge < -0.3 is 0 Å². The van der Waals surface area contributed by atoms with E-state index >= 15 is 0 Å².